The van der Waals surface area contributed by atoms with Crippen LogP contribution in [0, 0.1) is 0 Å². The van der Waals surface area contributed by atoms with Gasteiger partial charge in [0.2, 0.25) is 5.91 Å². The van der Waals surface area contributed by atoms with Crippen molar-refractivity contribution in [2.24, 2.45) is 0 Å². The number of hydrogen-bond donors (Lipinski definition) is 2. The Balaban J connectivity index is 1.38. The molecule has 3 aromatic rings. The first-order valence-electron chi connectivity index (χ1n) is 9.20. The summed E-state index contributed by atoms with van der Waals surface area (Å²) in [6.07, 6.45) is 9.23. The molecule has 5 nitrogen and oxygen atoms in total. The molecule has 2 amide bonds. The van der Waals surface area contributed by atoms with Crippen LogP contribution in [0.15, 0.2) is 71.9 Å². The maximum atomic E-state index is 12.3. The maximum absolute atomic E-state index is 12.3. The molecule has 0 saturated heterocycles. The number of para-hydroxylation sites is 1. The Labute approximate surface area is 172 Å². The van der Waals surface area contributed by atoms with Gasteiger partial charge in [0.15, 0.2) is 0 Å². The van der Waals surface area contributed by atoms with E-state index in [2.05, 4.69) is 15.6 Å². The Morgan fingerprint density at radius 1 is 1.24 bits per heavy atom. The Morgan fingerprint density at radius 3 is 3.00 bits per heavy atom. The number of pyridine rings is 1. The zero-order valence-electron chi connectivity index (χ0n) is 15.6. The number of hydrogen-bond acceptors (Lipinski definition) is 4. The number of carbonyl (C=O) groups excluding carboxylic acids is 2. The zero-order valence-corrected chi connectivity index (χ0v) is 16.4. The van der Waals surface area contributed by atoms with E-state index in [9.17, 15) is 9.59 Å². The number of nitrogens with zero attached hydrogens (tertiary/aromatic N) is 1. The van der Waals surface area contributed by atoms with Gasteiger partial charge in [0.1, 0.15) is 0 Å². The normalized spacial score (nSPS) is 14.6. The highest BCUT2D eigenvalue weighted by molar-refractivity contribution is 7.11. The molecule has 1 aromatic carbocycles. The molecule has 29 heavy (non-hydrogen) atoms. The lowest BCUT2D eigenvalue weighted by Gasteiger charge is -2.18. The fourth-order valence-electron chi connectivity index (χ4n) is 3.03. The Kier molecular flexibility index (Phi) is 5.63. The van der Waals surface area contributed by atoms with E-state index in [1.807, 2.05) is 53.9 Å². The van der Waals surface area contributed by atoms with Crippen LogP contribution < -0.4 is 10.6 Å². The fraction of sp³-hybridized carbons (Fsp3) is 0.0870. The van der Waals surface area contributed by atoms with Gasteiger partial charge in [-0.3, -0.25) is 14.6 Å². The van der Waals surface area contributed by atoms with Crippen LogP contribution in [-0.2, 0) is 22.6 Å². The van der Waals surface area contributed by atoms with Crippen LogP contribution in [0.1, 0.15) is 21.6 Å². The summed E-state index contributed by atoms with van der Waals surface area (Å²) in [6, 6.07) is 13.5. The van der Waals surface area contributed by atoms with Crippen LogP contribution >= 0.6 is 11.3 Å². The van der Waals surface area contributed by atoms with E-state index in [0.717, 1.165) is 32.8 Å². The monoisotopic (exact) mass is 401 g/mol. The summed E-state index contributed by atoms with van der Waals surface area (Å²) < 4.78 is 0. The van der Waals surface area contributed by atoms with Gasteiger partial charge in [-0.15, -0.1) is 11.3 Å². The van der Waals surface area contributed by atoms with Gasteiger partial charge in [0.25, 0.3) is 5.91 Å². The summed E-state index contributed by atoms with van der Waals surface area (Å²) >= 11 is 1.54. The van der Waals surface area contributed by atoms with Gasteiger partial charge in [-0.1, -0.05) is 24.3 Å². The highest BCUT2D eigenvalue weighted by Gasteiger charge is 2.19. The molecule has 0 saturated carbocycles. The van der Waals surface area contributed by atoms with E-state index < -0.39 is 0 Å². The van der Waals surface area contributed by atoms with Gasteiger partial charge in [0.05, 0.1) is 0 Å². The predicted octanol–water partition coefficient (Wildman–Crippen LogP) is 4.05. The molecule has 0 fully saturated rings. The van der Waals surface area contributed by atoms with Crippen LogP contribution in [0.3, 0.4) is 0 Å². The Morgan fingerprint density at radius 2 is 2.14 bits per heavy atom. The Bertz CT molecular complexity index is 1100. The number of anilines is 1. The number of benzene rings is 1. The minimum absolute atomic E-state index is 0.0658. The standard InChI is InChI=1S/C23H19N3O2S/c27-22(25-14-17-4-3-9-24-13-17)8-7-16-10-20(29-15-16)12-19-11-18-5-1-2-6-21(18)26-23(19)28/h1-10,12-13,15H,11,14H2,(H,25,27)(H,26,28)/b8-7+,19-12+. The number of rotatable bonds is 5. The lowest BCUT2D eigenvalue weighted by Crippen LogP contribution is -2.21. The number of amides is 2. The number of fused-ring (bicyclic) bond motifs is 1. The first-order valence-corrected chi connectivity index (χ1v) is 10.1. The van der Waals surface area contributed by atoms with E-state index in [1.54, 1.807) is 29.8 Å². The molecule has 2 N–H and O–H groups in total. The molecule has 2 aromatic heterocycles. The zero-order chi connectivity index (χ0) is 20.1. The first-order chi connectivity index (χ1) is 14.2. The van der Waals surface area contributed by atoms with E-state index in [0.29, 0.717) is 13.0 Å². The largest absolute Gasteiger partial charge is 0.348 e. The second kappa shape index (κ2) is 8.67. The van der Waals surface area contributed by atoms with E-state index in [-0.39, 0.29) is 11.8 Å². The third-order valence-electron chi connectivity index (χ3n) is 4.51. The van der Waals surface area contributed by atoms with Gasteiger partial charge in [0, 0.05) is 47.6 Å². The van der Waals surface area contributed by atoms with Gasteiger partial charge in [-0.25, -0.2) is 0 Å². The maximum Gasteiger partial charge on any atom is 0.251 e. The van der Waals surface area contributed by atoms with Crippen LogP contribution in [0.25, 0.3) is 12.2 Å². The number of nitrogens with one attached hydrogen (secondary N) is 2. The minimum Gasteiger partial charge on any atom is -0.348 e. The van der Waals surface area contributed by atoms with Gasteiger partial charge in [-0.05, 0) is 52.4 Å². The summed E-state index contributed by atoms with van der Waals surface area (Å²) in [7, 11) is 0. The molecule has 3 heterocycles. The molecular weight excluding hydrogens is 382 g/mol. The third kappa shape index (κ3) is 4.86. The summed E-state index contributed by atoms with van der Waals surface area (Å²) in [5.41, 5.74) is 4.60. The topological polar surface area (TPSA) is 71.1 Å². The summed E-state index contributed by atoms with van der Waals surface area (Å²) in [6.45, 7) is 0.439. The van der Waals surface area contributed by atoms with Crippen molar-refractivity contribution in [3.8, 4) is 0 Å². The lowest BCUT2D eigenvalue weighted by atomic mass is 9.98. The molecular formula is C23H19N3O2S. The van der Waals surface area contributed by atoms with Crippen molar-refractivity contribution in [1.82, 2.24) is 10.3 Å². The first kappa shape index (κ1) is 18.8. The second-order valence-electron chi connectivity index (χ2n) is 6.65. The van der Waals surface area contributed by atoms with Crippen LogP contribution in [-0.4, -0.2) is 16.8 Å². The molecule has 0 bridgehead atoms. The predicted molar refractivity (Wildman–Crippen MR) is 116 cm³/mol. The molecule has 4 rings (SSSR count). The second-order valence-corrected chi connectivity index (χ2v) is 7.60. The van der Waals surface area contributed by atoms with Crippen molar-refractivity contribution < 1.29 is 9.59 Å². The SMILES string of the molecule is O=C(/C=C/c1csc(/C=C2\Cc3ccccc3NC2=O)c1)NCc1cccnc1. The fourth-order valence-corrected chi connectivity index (χ4v) is 3.86. The number of aromatic nitrogens is 1. The minimum atomic E-state index is -0.164. The highest BCUT2D eigenvalue weighted by Crippen LogP contribution is 2.27. The summed E-state index contributed by atoms with van der Waals surface area (Å²) in [5.74, 6) is -0.229. The van der Waals surface area contributed by atoms with Crippen molar-refractivity contribution in [1.29, 1.82) is 0 Å². The highest BCUT2D eigenvalue weighted by atomic mass is 32.1. The molecule has 6 heteroatoms. The third-order valence-corrected chi connectivity index (χ3v) is 5.41. The average molecular weight is 401 g/mol. The number of carbonyl (C=O) groups is 2. The van der Waals surface area contributed by atoms with Gasteiger partial charge in [-0.2, -0.15) is 0 Å². The molecule has 0 aliphatic carbocycles. The quantitative estimate of drug-likeness (QED) is 0.634. The lowest BCUT2D eigenvalue weighted by molar-refractivity contribution is -0.116. The van der Waals surface area contributed by atoms with Crippen molar-refractivity contribution in [3.63, 3.8) is 0 Å². The number of thiophene rings is 1. The van der Waals surface area contributed by atoms with Gasteiger partial charge >= 0.3 is 0 Å². The van der Waals surface area contributed by atoms with E-state index in [4.69, 9.17) is 0 Å². The van der Waals surface area contributed by atoms with Crippen LogP contribution in [0.5, 0.6) is 0 Å². The van der Waals surface area contributed by atoms with Crippen molar-refractivity contribution in [2.75, 3.05) is 5.32 Å². The van der Waals surface area contributed by atoms with Crippen LogP contribution in [0.4, 0.5) is 5.69 Å². The van der Waals surface area contributed by atoms with E-state index >= 15 is 0 Å². The molecule has 1 aliphatic heterocycles. The van der Waals surface area contributed by atoms with E-state index in [1.165, 1.54) is 6.08 Å². The van der Waals surface area contributed by atoms with Crippen molar-refractivity contribution in [2.45, 2.75) is 13.0 Å². The molecule has 0 atom stereocenters. The van der Waals surface area contributed by atoms with Crippen LogP contribution in [0.2, 0.25) is 0 Å². The molecule has 144 valence electrons. The molecule has 0 unspecified atom stereocenters. The van der Waals surface area contributed by atoms with Gasteiger partial charge < -0.3 is 10.6 Å². The molecule has 1 aliphatic rings. The van der Waals surface area contributed by atoms with Crippen molar-refractivity contribution in [3.05, 3.63) is 93.5 Å². The average Bonchev–Trinajstić information content (AvgIpc) is 3.19. The summed E-state index contributed by atoms with van der Waals surface area (Å²) in [4.78, 5) is 29.3. The van der Waals surface area contributed by atoms with Crippen molar-refractivity contribution >= 4 is 41.0 Å². The smallest absolute Gasteiger partial charge is 0.251 e. The molecule has 0 spiro atoms. The Hall–Kier alpha value is -3.51. The summed E-state index contributed by atoms with van der Waals surface area (Å²) in [5, 5.41) is 7.72. The molecule has 0 radical (unpaired) electrons.